The van der Waals surface area contributed by atoms with E-state index < -0.39 is 18.4 Å². The number of nitrogens with one attached hydrogen (secondary N) is 1. The number of carbonyl (C=O) groups excluding carboxylic acids is 1. The van der Waals surface area contributed by atoms with Crippen molar-refractivity contribution in [3.63, 3.8) is 0 Å². The van der Waals surface area contributed by atoms with Crippen molar-refractivity contribution in [2.24, 2.45) is 7.05 Å². The second-order valence-corrected chi connectivity index (χ2v) is 4.57. The SMILES string of the molecule is C=C(CCF)NC(=O)c1c(F)c2ccnc(Cl)c2n1C. The van der Waals surface area contributed by atoms with Crippen molar-refractivity contribution in [1.29, 1.82) is 0 Å². The molecule has 4 nitrogen and oxygen atoms in total. The van der Waals surface area contributed by atoms with E-state index in [-0.39, 0.29) is 28.4 Å². The highest BCUT2D eigenvalue weighted by atomic mass is 35.5. The molecule has 0 bridgehead atoms. The average Bonchev–Trinajstić information content (AvgIpc) is 2.63. The summed E-state index contributed by atoms with van der Waals surface area (Å²) in [7, 11) is 1.51. The summed E-state index contributed by atoms with van der Waals surface area (Å²) in [6, 6.07) is 1.43. The molecule has 0 saturated carbocycles. The average molecular weight is 300 g/mol. The van der Waals surface area contributed by atoms with Gasteiger partial charge in [-0.25, -0.2) is 9.37 Å². The minimum Gasteiger partial charge on any atom is -0.335 e. The van der Waals surface area contributed by atoms with E-state index in [0.29, 0.717) is 5.52 Å². The summed E-state index contributed by atoms with van der Waals surface area (Å²) in [6.45, 7) is 2.85. The van der Waals surface area contributed by atoms with Gasteiger partial charge in [-0.2, -0.15) is 0 Å². The molecule has 0 radical (unpaired) electrons. The molecule has 1 N–H and O–H groups in total. The number of aromatic nitrogens is 2. The standard InChI is InChI=1S/C13H12ClF2N3O/c1-7(3-5-15)18-13(20)11-9(16)8-4-6-17-12(14)10(8)19(11)2/h4,6H,1,3,5H2,2H3,(H,18,20). The fourth-order valence-corrected chi connectivity index (χ4v) is 2.24. The number of aryl methyl sites for hydroxylation is 1. The van der Waals surface area contributed by atoms with E-state index in [4.69, 9.17) is 11.6 Å². The summed E-state index contributed by atoms with van der Waals surface area (Å²) >= 11 is 5.91. The fourth-order valence-electron chi connectivity index (χ4n) is 1.96. The summed E-state index contributed by atoms with van der Waals surface area (Å²) in [4.78, 5) is 15.9. The zero-order valence-electron chi connectivity index (χ0n) is 10.7. The van der Waals surface area contributed by atoms with Gasteiger partial charge in [-0.05, 0) is 6.07 Å². The van der Waals surface area contributed by atoms with Gasteiger partial charge in [0.05, 0.1) is 12.2 Å². The zero-order valence-corrected chi connectivity index (χ0v) is 11.5. The fraction of sp³-hybridized carbons (Fsp3) is 0.231. The monoisotopic (exact) mass is 299 g/mol. The Balaban J connectivity index is 2.47. The molecule has 0 spiro atoms. The van der Waals surface area contributed by atoms with Gasteiger partial charge in [0.2, 0.25) is 0 Å². The van der Waals surface area contributed by atoms with Crippen molar-refractivity contribution < 1.29 is 13.6 Å². The van der Waals surface area contributed by atoms with Crippen LogP contribution in [0.5, 0.6) is 0 Å². The van der Waals surface area contributed by atoms with Crippen molar-refractivity contribution in [2.75, 3.05) is 6.67 Å². The van der Waals surface area contributed by atoms with E-state index >= 15 is 0 Å². The molecule has 0 aliphatic carbocycles. The molecule has 2 heterocycles. The van der Waals surface area contributed by atoms with Crippen molar-refractivity contribution in [3.8, 4) is 0 Å². The Bertz CT molecular complexity index is 696. The van der Waals surface area contributed by atoms with Crippen LogP contribution in [-0.4, -0.2) is 22.1 Å². The second-order valence-electron chi connectivity index (χ2n) is 4.22. The summed E-state index contributed by atoms with van der Waals surface area (Å²) < 4.78 is 27.8. The molecule has 0 saturated heterocycles. The minimum absolute atomic E-state index is 0.0143. The summed E-state index contributed by atoms with van der Waals surface area (Å²) in [5.74, 6) is -1.40. The Morgan fingerprint density at radius 1 is 1.60 bits per heavy atom. The summed E-state index contributed by atoms with van der Waals surface area (Å²) in [5.41, 5.74) is 0.314. The lowest BCUT2D eigenvalue weighted by molar-refractivity contribution is 0.0952. The van der Waals surface area contributed by atoms with Gasteiger partial charge < -0.3 is 9.88 Å². The van der Waals surface area contributed by atoms with E-state index in [1.54, 1.807) is 0 Å². The maximum atomic E-state index is 14.3. The molecule has 0 unspecified atom stereocenters. The van der Waals surface area contributed by atoms with Crippen LogP contribution in [-0.2, 0) is 7.05 Å². The van der Waals surface area contributed by atoms with Crippen LogP contribution >= 0.6 is 11.6 Å². The minimum atomic E-state index is -0.698. The Morgan fingerprint density at radius 3 is 2.90 bits per heavy atom. The molecule has 106 valence electrons. The van der Waals surface area contributed by atoms with Crippen molar-refractivity contribution in [1.82, 2.24) is 14.9 Å². The molecule has 1 amide bonds. The predicted octanol–water partition coefficient (Wildman–Crippen LogP) is 2.97. The van der Waals surface area contributed by atoms with Gasteiger partial charge in [0.15, 0.2) is 11.0 Å². The largest absolute Gasteiger partial charge is 0.335 e. The molecule has 0 aliphatic rings. The Morgan fingerprint density at radius 2 is 2.30 bits per heavy atom. The highest BCUT2D eigenvalue weighted by Crippen LogP contribution is 2.28. The Kier molecular flexibility index (Phi) is 4.04. The van der Waals surface area contributed by atoms with Crippen LogP contribution in [0.1, 0.15) is 16.9 Å². The lowest BCUT2D eigenvalue weighted by atomic mass is 10.2. The number of alkyl halides is 1. The highest BCUT2D eigenvalue weighted by molar-refractivity contribution is 6.34. The molecular formula is C13H12ClF2N3O. The third-order valence-corrected chi connectivity index (χ3v) is 3.17. The Hall–Kier alpha value is -1.95. The van der Waals surface area contributed by atoms with E-state index in [0.717, 1.165) is 0 Å². The summed E-state index contributed by atoms with van der Waals surface area (Å²) in [5, 5.41) is 2.67. The summed E-state index contributed by atoms with van der Waals surface area (Å²) in [6.07, 6.45) is 1.34. The lowest BCUT2D eigenvalue weighted by Crippen LogP contribution is -2.25. The molecule has 20 heavy (non-hydrogen) atoms. The van der Waals surface area contributed by atoms with Gasteiger partial charge in [0.25, 0.3) is 5.91 Å². The van der Waals surface area contributed by atoms with Crippen LogP contribution in [0.4, 0.5) is 8.78 Å². The molecular weight excluding hydrogens is 288 g/mol. The van der Waals surface area contributed by atoms with Crippen LogP contribution in [0.15, 0.2) is 24.5 Å². The maximum Gasteiger partial charge on any atom is 0.275 e. The lowest BCUT2D eigenvalue weighted by Gasteiger charge is -2.07. The first kappa shape index (κ1) is 14.5. The quantitative estimate of drug-likeness (QED) is 0.882. The van der Waals surface area contributed by atoms with E-state index in [1.807, 2.05) is 0 Å². The van der Waals surface area contributed by atoms with Crippen LogP contribution in [0.2, 0.25) is 5.15 Å². The number of allylic oxidation sites excluding steroid dienone is 1. The topological polar surface area (TPSA) is 46.9 Å². The predicted molar refractivity (Wildman–Crippen MR) is 72.9 cm³/mol. The number of pyridine rings is 1. The van der Waals surface area contributed by atoms with Crippen LogP contribution in [0.3, 0.4) is 0 Å². The van der Waals surface area contributed by atoms with Crippen LogP contribution in [0.25, 0.3) is 10.9 Å². The number of fused-ring (bicyclic) bond motifs is 1. The first-order valence-corrected chi connectivity index (χ1v) is 6.18. The van der Waals surface area contributed by atoms with Crippen molar-refractivity contribution >= 4 is 28.4 Å². The van der Waals surface area contributed by atoms with E-state index in [1.165, 1.54) is 23.9 Å². The van der Waals surface area contributed by atoms with Crippen molar-refractivity contribution in [3.05, 3.63) is 41.2 Å². The molecule has 0 aliphatic heterocycles. The van der Waals surface area contributed by atoms with Crippen LogP contribution < -0.4 is 5.32 Å². The van der Waals surface area contributed by atoms with Gasteiger partial charge in [-0.1, -0.05) is 18.2 Å². The van der Waals surface area contributed by atoms with Gasteiger partial charge in [0, 0.05) is 30.7 Å². The zero-order chi connectivity index (χ0) is 14.9. The molecule has 2 aromatic rings. The number of nitrogens with zero attached hydrogens (tertiary/aromatic N) is 2. The number of carbonyl (C=O) groups is 1. The van der Waals surface area contributed by atoms with Gasteiger partial charge >= 0.3 is 0 Å². The van der Waals surface area contributed by atoms with E-state index in [2.05, 4.69) is 16.9 Å². The highest BCUT2D eigenvalue weighted by Gasteiger charge is 2.23. The van der Waals surface area contributed by atoms with Crippen molar-refractivity contribution in [2.45, 2.75) is 6.42 Å². The maximum absolute atomic E-state index is 14.3. The number of hydrogen-bond donors (Lipinski definition) is 1. The molecule has 0 aromatic carbocycles. The first-order chi connectivity index (χ1) is 9.47. The number of amides is 1. The molecule has 0 fully saturated rings. The third-order valence-electron chi connectivity index (χ3n) is 2.90. The number of halogens is 3. The first-order valence-electron chi connectivity index (χ1n) is 5.80. The van der Waals surface area contributed by atoms with Gasteiger partial charge in [-0.15, -0.1) is 0 Å². The normalized spacial score (nSPS) is 10.8. The van der Waals surface area contributed by atoms with Gasteiger partial charge in [-0.3, -0.25) is 9.18 Å². The molecule has 7 heteroatoms. The van der Waals surface area contributed by atoms with Crippen LogP contribution in [0, 0.1) is 5.82 Å². The number of rotatable bonds is 4. The second kappa shape index (κ2) is 5.58. The Labute approximate surface area is 119 Å². The smallest absolute Gasteiger partial charge is 0.275 e. The van der Waals surface area contributed by atoms with Gasteiger partial charge in [0.1, 0.15) is 5.69 Å². The third kappa shape index (κ3) is 2.38. The molecule has 0 atom stereocenters. The van der Waals surface area contributed by atoms with E-state index in [9.17, 15) is 13.6 Å². The number of hydrogen-bond acceptors (Lipinski definition) is 2. The molecule has 2 rings (SSSR count). The molecule has 2 aromatic heterocycles.